The van der Waals surface area contributed by atoms with Gasteiger partial charge in [-0.25, -0.2) is 0 Å². The molecule has 1 unspecified atom stereocenters. The summed E-state index contributed by atoms with van der Waals surface area (Å²) in [5, 5.41) is 20.1. The van der Waals surface area contributed by atoms with Crippen LogP contribution in [0.25, 0.3) is 0 Å². The van der Waals surface area contributed by atoms with Crippen molar-refractivity contribution >= 4 is 40.9 Å². The van der Waals surface area contributed by atoms with Crippen molar-refractivity contribution < 1.29 is 19.4 Å². The van der Waals surface area contributed by atoms with Gasteiger partial charge in [0.25, 0.3) is 5.91 Å². The first-order valence-corrected chi connectivity index (χ1v) is 14.7. The smallest absolute Gasteiger partial charge is 0.262 e. The van der Waals surface area contributed by atoms with Gasteiger partial charge in [0.2, 0.25) is 5.91 Å². The van der Waals surface area contributed by atoms with Gasteiger partial charge in [-0.15, -0.1) is 11.8 Å². The van der Waals surface area contributed by atoms with Crippen LogP contribution in [-0.4, -0.2) is 72.4 Å². The molecule has 206 valence electrons. The molecule has 2 aliphatic heterocycles. The van der Waals surface area contributed by atoms with Crippen LogP contribution >= 0.6 is 23.4 Å². The summed E-state index contributed by atoms with van der Waals surface area (Å²) in [6.07, 6.45) is 8.56. The highest BCUT2D eigenvalue weighted by Crippen LogP contribution is 2.39. The maximum absolute atomic E-state index is 13.1. The van der Waals surface area contributed by atoms with Crippen molar-refractivity contribution in [3.05, 3.63) is 28.1 Å². The quantitative estimate of drug-likeness (QED) is 0.180. The van der Waals surface area contributed by atoms with E-state index in [1.807, 2.05) is 11.0 Å². The maximum Gasteiger partial charge on any atom is 0.262 e. The van der Waals surface area contributed by atoms with Crippen molar-refractivity contribution in [2.45, 2.75) is 70.1 Å². The van der Waals surface area contributed by atoms with Crippen LogP contribution in [0.4, 0.5) is 5.69 Å². The average molecular weight is 553 g/mol. The Morgan fingerprint density at radius 2 is 2.11 bits per heavy atom. The largest absolute Gasteiger partial charge is 0.506 e. The number of aromatic hydroxyl groups is 1. The van der Waals surface area contributed by atoms with E-state index < -0.39 is 0 Å². The first-order valence-electron chi connectivity index (χ1n) is 13.4. The zero-order chi connectivity index (χ0) is 26.6. The fourth-order valence-corrected chi connectivity index (χ4v) is 5.99. The summed E-state index contributed by atoms with van der Waals surface area (Å²) in [6.45, 7) is 7.89. The predicted octanol–water partition coefficient (Wildman–Crippen LogP) is 4.22. The van der Waals surface area contributed by atoms with E-state index in [9.17, 15) is 14.7 Å². The molecule has 8 nitrogen and oxygen atoms in total. The Morgan fingerprint density at radius 1 is 1.30 bits per heavy atom. The SMILES string of the molecule is CCCC[C@@H](C)N(CCNCCc1ccc(O)c2c1OCC(=O)N2)C(=O)CCNCCC1CC=C(Cl)S1. The molecule has 0 bridgehead atoms. The molecule has 2 aliphatic rings. The highest BCUT2D eigenvalue weighted by atomic mass is 35.5. The molecule has 0 radical (unpaired) electrons. The van der Waals surface area contributed by atoms with Crippen LogP contribution in [0, 0.1) is 0 Å². The molecule has 0 saturated heterocycles. The minimum Gasteiger partial charge on any atom is -0.506 e. The van der Waals surface area contributed by atoms with Gasteiger partial charge in [-0.05, 0) is 57.3 Å². The highest BCUT2D eigenvalue weighted by molar-refractivity contribution is 8.05. The zero-order valence-corrected chi connectivity index (χ0v) is 23.6. The number of phenols is 1. The van der Waals surface area contributed by atoms with Crippen LogP contribution < -0.4 is 20.7 Å². The molecule has 1 aromatic rings. The first-order chi connectivity index (χ1) is 17.9. The summed E-state index contributed by atoms with van der Waals surface area (Å²) in [6, 6.07) is 3.60. The Hall–Kier alpha value is -1.94. The number of allylic oxidation sites excluding steroid dienone is 1. The van der Waals surface area contributed by atoms with Crippen LogP contribution in [-0.2, 0) is 16.0 Å². The number of nitrogens with one attached hydrogen (secondary N) is 3. The minimum absolute atomic E-state index is 0.00306. The molecule has 0 saturated carbocycles. The number of nitrogens with zero attached hydrogens (tertiary/aromatic N) is 1. The highest BCUT2D eigenvalue weighted by Gasteiger charge is 2.23. The lowest BCUT2D eigenvalue weighted by molar-refractivity contribution is -0.133. The normalized spacial score (nSPS) is 17.5. The van der Waals surface area contributed by atoms with E-state index in [2.05, 4.69) is 35.9 Å². The fraction of sp³-hybridized carbons (Fsp3) is 0.630. The van der Waals surface area contributed by atoms with Gasteiger partial charge in [0.05, 0.1) is 4.36 Å². The Morgan fingerprint density at radius 3 is 2.86 bits per heavy atom. The summed E-state index contributed by atoms with van der Waals surface area (Å²) in [5.41, 5.74) is 1.26. The summed E-state index contributed by atoms with van der Waals surface area (Å²) in [5.74, 6) is 0.452. The van der Waals surface area contributed by atoms with E-state index in [1.54, 1.807) is 17.8 Å². The Bertz CT molecular complexity index is 945. The van der Waals surface area contributed by atoms with Gasteiger partial charge in [0, 0.05) is 37.3 Å². The van der Waals surface area contributed by atoms with E-state index in [1.165, 1.54) is 0 Å². The van der Waals surface area contributed by atoms with Crippen molar-refractivity contribution in [2.75, 3.05) is 44.6 Å². The minimum atomic E-state index is -0.273. The second-order valence-corrected chi connectivity index (χ2v) is 11.6. The fourth-order valence-electron chi connectivity index (χ4n) is 4.59. The third kappa shape index (κ3) is 9.39. The molecule has 4 N–H and O–H groups in total. The number of anilines is 1. The van der Waals surface area contributed by atoms with E-state index in [-0.39, 0.29) is 30.2 Å². The van der Waals surface area contributed by atoms with E-state index >= 15 is 0 Å². The van der Waals surface area contributed by atoms with Crippen LogP contribution in [0.3, 0.4) is 0 Å². The van der Waals surface area contributed by atoms with Crippen LogP contribution in [0.15, 0.2) is 22.6 Å². The number of hydrogen-bond acceptors (Lipinski definition) is 7. The number of thioether (sulfide) groups is 1. The van der Waals surface area contributed by atoms with Crippen LogP contribution in [0.2, 0.25) is 0 Å². The molecule has 0 fully saturated rings. The third-order valence-corrected chi connectivity index (χ3v) is 8.31. The topological polar surface area (TPSA) is 103 Å². The van der Waals surface area contributed by atoms with E-state index in [4.69, 9.17) is 16.3 Å². The third-order valence-electron chi connectivity index (χ3n) is 6.74. The summed E-state index contributed by atoms with van der Waals surface area (Å²) in [7, 11) is 0. The van der Waals surface area contributed by atoms with Gasteiger partial charge in [0.1, 0.15) is 11.4 Å². The van der Waals surface area contributed by atoms with Gasteiger partial charge in [-0.2, -0.15) is 0 Å². The number of unbranched alkanes of at least 4 members (excludes halogenated alkanes) is 1. The standard InChI is InChI=1S/C27H41ClN4O4S/c1-3-4-5-19(2)32(25(35)12-15-29-14-11-21-7-9-23(28)37-21)17-16-30-13-10-20-6-8-22(33)26-27(20)36-18-24(34)31-26/h6,8-9,19,21,29-30,33H,3-5,7,10-18H2,1-2H3,(H,31,34)/t19-,21?/m1/s1. The lowest BCUT2D eigenvalue weighted by atomic mass is 10.1. The molecular weight excluding hydrogens is 512 g/mol. The Kier molecular flexibility index (Phi) is 12.4. The van der Waals surface area contributed by atoms with Crippen molar-refractivity contribution in [2.24, 2.45) is 0 Å². The van der Waals surface area contributed by atoms with Gasteiger partial charge in [-0.3, -0.25) is 9.59 Å². The lowest BCUT2D eigenvalue weighted by Gasteiger charge is -2.30. The van der Waals surface area contributed by atoms with Crippen molar-refractivity contribution in [3.8, 4) is 11.5 Å². The molecule has 10 heteroatoms. The van der Waals surface area contributed by atoms with Gasteiger partial charge in [-0.1, -0.05) is 43.5 Å². The number of carbonyl (C=O) groups excluding carboxylic acids is 2. The summed E-state index contributed by atoms with van der Waals surface area (Å²) >= 11 is 7.78. The second-order valence-electron chi connectivity index (χ2n) is 9.64. The molecule has 0 spiro atoms. The lowest BCUT2D eigenvalue weighted by Crippen LogP contribution is -2.43. The van der Waals surface area contributed by atoms with Crippen molar-refractivity contribution in [3.63, 3.8) is 0 Å². The van der Waals surface area contributed by atoms with Gasteiger partial charge in [0.15, 0.2) is 12.4 Å². The number of ether oxygens (including phenoxy) is 1. The zero-order valence-electron chi connectivity index (χ0n) is 22.0. The number of phenolic OH excluding ortho intramolecular Hbond substituents is 1. The molecule has 2 atom stereocenters. The number of benzene rings is 1. The monoisotopic (exact) mass is 552 g/mol. The molecule has 2 amide bonds. The summed E-state index contributed by atoms with van der Waals surface area (Å²) < 4.78 is 6.46. The Labute approximate surface area is 229 Å². The number of hydrogen-bond donors (Lipinski definition) is 4. The van der Waals surface area contributed by atoms with Gasteiger partial charge < -0.3 is 30.7 Å². The van der Waals surface area contributed by atoms with Crippen molar-refractivity contribution in [1.82, 2.24) is 15.5 Å². The van der Waals surface area contributed by atoms with E-state index in [0.29, 0.717) is 55.7 Å². The molecular formula is C27H41ClN4O4S. The van der Waals surface area contributed by atoms with Crippen LogP contribution in [0.5, 0.6) is 11.5 Å². The van der Waals surface area contributed by atoms with Crippen LogP contribution in [0.1, 0.15) is 57.9 Å². The summed E-state index contributed by atoms with van der Waals surface area (Å²) in [4.78, 5) is 26.7. The average Bonchev–Trinajstić information content (AvgIpc) is 3.30. The second kappa shape index (κ2) is 15.5. The van der Waals surface area contributed by atoms with E-state index in [0.717, 1.165) is 48.6 Å². The van der Waals surface area contributed by atoms with Crippen molar-refractivity contribution in [1.29, 1.82) is 0 Å². The molecule has 0 aromatic heterocycles. The molecule has 0 aliphatic carbocycles. The molecule has 1 aromatic carbocycles. The number of fused-ring (bicyclic) bond motifs is 1. The predicted molar refractivity (Wildman–Crippen MR) is 152 cm³/mol. The number of halogens is 1. The number of carbonyl (C=O) groups is 2. The maximum atomic E-state index is 13.1. The first kappa shape index (κ1) is 29.6. The Balaban J connectivity index is 1.40. The molecule has 3 rings (SSSR count). The van der Waals surface area contributed by atoms with Gasteiger partial charge >= 0.3 is 0 Å². The molecule has 2 heterocycles. The number of amides is 2. The molecule has 37 heavy (non-hydrogen) atoms. The number of rotatable bonds is 16.